The van der Waals surface area contributed by atoms with Gasteiger partial charge in [0.1, 0.15) is 11.8 Å². The highest BCUT2D eigenvalue weighted by Crippen LogP contribution is 2.21. The number of aryl methyl sites for hydroxylation is 1. The van der Waals surface area contributed by atoms with Gasteiger partial charge in [-0.15, -0.1) is 0 Å². The number of hydrogen-bond acceptors (Lipinski definition) is 3. The van der Waals surface area contributed by atoms with Crippen molar-refractivity contribution < 1.29 is 14.3 Å². The third kappa shape index (κ3) is 7.86. The van der Waals surface area contributed by atoms with Gasteiger partial charge in [-0.3, -0.25) is 9.59 Å². The highest BCUT2D eigenvalue weighted by molar-refractivity contribution is 6.31. The molecular formula is C29H33ClN2O3. The molecule has 0 aliphatic rings. The van der Waals surface area contributed by atoms with Crippen LogP contribution < -0.4 is 10.1 Å². The Morgan fingerprint density at radius 2 is 1.63 bits per heavy atom. The topological polar surface area (TPSA) is 58.6 Å². The lowest BCUT2D eigenvalue weighted by Crippen LogP contribution is -2.51. The van der Waals surface area contributed by atoms with E-state index >= 15 is 0 Å². The summed E-state index contributed by atoms with van der Waals surface area (Å²) in [6, 6.07) is 24.2. The van der Waals surface area contributed by atoms with Gasteiger partial charge in [-0.25, -0.2) is 0 Å². The second kappa shape index (κ2) is 13.0. The first-order valence-electron chi connectivity index (χ1n) is 11.9. The molecule has 2 amide bonds. The van der Waals surface area contributed by atoms with E-state index in [2.05, 4.69) is 5.32 Å². The van der Waals surface area contributed by atoms with E-state index in [0.717, 1.165) is 16.7 Å². The van der Waals surface area contributed by atoms with Crippen molar-refractivity contribution in [2.24, 2.45) is 0 Å². The van der Waals surface area contributed by atoms with Crippen molar-refractivity contribution in [3.63, 3.8) is 0 Å². The molecule has 6 heteroatoms. The summed E-state index contributed by atoms with van der Waals surface area (Å²) < 4.78 is 5.37. The quantitative estimate of drug-likeness (QED) is 0.387. The van der Waals surface area contributed by atoms with Crippen molar-refractivity contribution in [3.05, 3.63) is 101 Å². The van der Waals surface area contributed by atoms with Crippen LogP contribution in [-0.4, -0.2) is 35.9 Å². The van der Waals surface area contributed by atoms with E-state index in [1.54, 1.807) is 12.0 Å². The zero-order chi connectivity index (χ0) is 25.2. The van der Waals surface area contributed by atoms with Gasteiger partial charge >= 0.3 is 0 Å². The van der Waals surface area contributed by atoms with E-state index in [1.807, 2.05) is 92.7 Å². The first kappa shape index (κ1) is 26.3. The molecule has 1 unspecified atom stereocenters. The second-order valence-electron chi connectivity index (χ2n) is 8.83. The molecule has 1 N–H and O–H groups in total. The minimum atomic E-state index is -0.662. The van der Waals surface area contributed by atoms with Crippen LogP contribution >= 0.6 is 11.6 Å². The van der Waals surface area contributed by atoms with Gasteiger partial charge in [0, 0.05) is 30.5 Å². The molecule has 3 aromatic carbocycles. The molecule has 0 aromatic heterocycles. The van der Waals surface area contributed by atoms with E-state index in [0.29, 0.717) is 30.2 Å². The standard InChI is InChI=1S/C29H33ClN2O3/c1-21(2)31-29(34)27(19-22-10-5-4-6-11-22)32(20-23-12-9-14-25(18-23)35-3)28(33)17-16-24-13-7-8-15-26(24)30/h4-15,18,21,27H,16-17,19-20H2,1-3H3,(H,31,34). The largest absolute Gasteiger partial charge is 0.497 e. The first-order chi connectivity index (χ1) is 16.9. The number of nitrogens with one attached hydrogen (secondary N) is 1. The minimum absolute atomic E-state index is 0.0438. The van der Waals surface area contributed by atoms with Crippen molar-refractivity contribution in [3.8, 4) is 5.75 Å². The maximum Gasteiger partial charge on any atom is 0.243 e. The van der Waals surface area contributed by atoms with Crippen LogP contribution in [0.5, 0.6) is 5.75 Å². The van der Waals surface area contributed by atoms with Gasteiger partial charge in [-0.2, -0.15) is 0 Å². The number of ether oxygens (including phenoxy) is 1. The molecule has 5 nitrogen and oxygen atoms in total. The summed E-state index contributed by atoms with van der Waals surface area (Å²) in [7, 11) is 1.61. The van der Waals surface area contributed by atoms with Crippen LogP contribution in [0.3, 0.4) is 0 Å². The maximum absolute atomic E-state index is 13.7. The van der Waals surface area contributed by atoms with Crippen LogP contribution in [0.15, 0.2) is 78.9 Å². The van der Waals surface area contributed by atoms with E-state index < -0.39 is 6.04 Å². The molecule has 0 bridgehead atoms. The number of benzene rings is 3. The average molecular weight is 493 g/mol. The summed E-state index contributed by atoms with van der Waals surface area (Å²) >= 11 is 6.33. The summed E-state index contributed by atoms with van der Waals surface area (Å²) in [5.74, 6) is 0.433. The Morgan fingerprint density at radius 3 is 2.31 bits per heavy atom. The number of carbonyl (C=O) groups excluding carboxylic acids is 2. The maximum atomic E-state index is 13.7. The van der Waals surface area contributed by atoms with E-state index in [-0.39, 0.29) is 24.3 Å². The van der Waals surface area contributed by atoms with Crippen LogP contribution in [0.2, 0.25) is 5.02 Å². The van der Waals surface area contributed by atoms with Gasteiger partial charge < -0.3 is 15.0 Å². The van der Waals surface area contributed by atoms with Gasteiger partial charge in [0.2, 0.25) is 11.8 Å². The Morgan fingerprint density at radius 1 is 0.943 bits per heavy atom. The van der Waals surface area contributed by atoms with Crippen molar-refractivity contribution in [2.75, 3.05) is 7.11 Å². The fourth-order valence-electron chi connectivity index (χ4n) is 3.99. The minimum Gasteiger partial charge on any atom is -0.497 e. The molecule has 0 radical (unpaired) electrons. The normalized spacial score (nSPS) is 11.7. The van der Waals surface area contributed by atoms with Crippen LogP contribution in [0, 0.1) is 0 Å². The highest BCUT2D eigenvalue weighted by atomic mass is 35.5. The number of methoxy groups -OCH3 is 1. The van der Waals surface area contributed by atoms with Gasteiger partial charge in [-0.1, -0.05) is 72.3 Å². The zero-order valence-electron chi connectivity index (χ0n) is 20.5. The third-order valence-corrected chi connectivity index (χ3v) is 6.12. The van der Waals surface area contributed by atoms with Crippen LogP contribution in [0.4, 0.5) is 0 Å². The van der Waals surface area contributed by atoms with Gasteiger partial charge in [0.05, 0.1) is 7.11 Å². The molecule has 0 heterocycles. The Bertz CT molecular complexity index is 1120. The van der Waals surface area contributed by atoms with Crippen molar-refractivity contribution in [1.29, 1.82) is 0 Å². The number of nitrogens with zero attached hydrogens (tertiary/aromatic N) is 1. The summed E-state index contributed by atoms with van der Waals surface area (Å²) in [6.45, 7) is 4.13. The molecule has 0 spiro atoms. The van der Waals surface area contributed by atoms with Gasteiger partial charge in [-0.05, 0) is 55.2 Å². The number of carbonyl (C=O) groups is 2. The molecule has 3 rings (SSSR count). The first-order valence-corrected chi connectivity index (χ1v) is 12.2. The van der Waals surface area contributed by atoms with Gasteiger partial charge in [0.15, 0.2) is 0 Å². The SMILES string of the molecule is COc1cccc(CN(C(=O)CCc2ccccc2Cl)C(Cc2ccccc2)C(=O)NC(C)C)c1. The summed E-state index contributed by atoms with van der Waals surface area (Å²) in [4.78, 5) is 28.8. The number of amides is 2. The van der Waals surface area contributed by atoms with E-state index in [1.165, 1.54) is 0 Å². The van der Waals surface area contributed by atoms with Gasteiger partial charge in [0.25, 0.3) is 0 Å². The van der Waals surface area contributed by atoms with Crippen molar-refractivity contribution in [1.82, 2.24) is 10.2 Å². The summed E-state index contributed by atoms with van der Waals surface area (Å²) in [5.41, 5.74) is 2.80. The monoisotopic (exact) mass is 492 g/mol. The highest BCUT2D eigenvalue weighted by Gasteiger charge is 2.30. The smallest absolute Gasteiger partial charge is 0.243 e. The predicted molar refractivity (Wildman–Crippen MR) is 141 cm³/mol. The van der Waals surface area contributed by atoms with E-state index in [9.17, 15) is 9.59 Å². The Hall–Kier alpha value is -3.31. The zero-order valence-corrected chi connectivity index (χ0v) is 21.3. The fourth-order valence-corrected chi connectivity index (χ4v) is 4.22. The van der Waals surface area contributed by atoms with Crippen LogP contribution in [-0.2, 0) is 29.0 Å². The number of hydrogen-bond donors (Lipinski definition) is 1. The lowest BCUT2D eigenvalue weighted by atomic mass is 10.0. The third-order valence-electron chi connectivity index (χ3n) is 5.76. The molecular weight excluding hydrogens is 460 g/mol. The second-order valence-corrected chi connectivity index (χ2v) is 9.24. The molecule has 3 aromatic rings. The Balaban J connectivity index is 1.93. The molecule has 184 valence electrons. The molecule has 35 heavy (non-hydrogen) atoms. The average Bonchev–Trinajstić information content (AvgIpc) is 2.85. The molecule has 0 aliphatic carbocycles. The Kier molecular flexibility index (Phi) is 9.74. The molecule has 1 atom stereocenters. The Labute approximate surface area is 213 Å². The molecule has 0 saturated heterocycles. The summed E-state index contributed by atoms with van der Waals surface area (Å²) in [5, 5.41) is 3.65. The summed E-state index contributed by atoms with van der Waals surface area (Å²) in [6.07, 6.45) is 1.16. The molecule has 0 saturated carbocycles. The van der Waals surface area contributed by atoms with Crippen molar-refractivity contribution in [2.45, 2.75) is 51.7 Å². The number of rotatable bonds is 11. The fraction of sp³-hybridized carbons (Fsp3) is 0.310. The molecule has 0 aliphatic heterocycles. The lowest BCUT2D eigenvalue weighted by molar-refractivity contribution is -0.141. The van der Waals surface area contributed by atoms with Crippen LogP contribution in [0.1, 0.15) is 37.0 Å². The molecule has 0 fully saturated rings. The van der Waals surface area contributed by atoms with E-state index in [4.69, 9.17) is 16.3 Å². The van der Waals surface area contributed by atoms with Crippen LogP contribution in [0.25, 0.3) is 0 Å². The predicted octanol–water partition coefficient (Wildman–Crippen LogP) is 5.45. The lowest BCUT2D eigenvalue weighted by Gasteiger charge is -2.32. The van der Waals surface area contributed by atoms with Crippen molar-refractivity contribution >= 4 is 23.4 Å². The number of halogens is 1.